The van der Waals surface area contributed by atoms with E-state index in [1.54, 1.807) is 0 Å². The van der Waals surface area contributed by atoms with E-state index in [1.807, 2.05) is 67.6 Å². The van der Waals surface area contributed by atoms with E-state index in [9.17, 15) is 9.59 Å². The summed E-state index contributed by atoms with van der Waals surface area (Å²) in [6.45, 7) is 5.13. The van der Waals surface area contributed by atoms with Crippen molar-refractivity contribution in [3.05, 3.63) is 102 Å². The number of carbonyl (C=O) groups is 2. The fourth-order valence-corrected chi connectivity index (χ4v) is 5.35. The summed E-state index contributed by atoms with van der Waals surface area (Å²) in [5.41, 5.74) is 3.24. The second-order valence-electron chi connectivity index (χ2n) is 9.97. The van der Waals surface area contributed by atoms with E-state index in [0.717, 1.165) is 55.8 Å². The Labute approximate surface area is 251 Å². The smallest absolute Gasteiger partial charge is 0.394 e. The Morgan fingerprint density at radius 2 is 1.44 bits per heavy atom. The summed E-state index contributed by atoms with van der Waals surface area (Å²) in [4.78, 5) is 29.9. The van der Waals surface area contributed by atoms with Crippen LogP contribution >= 0.6 is 0 Å². The third-order valence-electron chi connectivity index (χ3n) is 7.37. The van der Waals surface area contributed by atoms with Crippen LogP contribution in [0.4, 0.5) is 5.69 Å². The molecule has 7 N–H and O–H groups in total. The molecule has 1 atom stereocenters. The highest BCUT2D eigenvalue weighted by Crippen LogP contribution is 2.38. The number of hydrogen-bond acceptors (Lipinski definition) is 7. The van der Waals surface area contributed by atoms with Gasteiger partial charge in [0.15, 0.2) is 0 Å². The number of anilines is 1. The van der Waals surface area contributed by atoms with Crippen molar-refractivity contribution < 1.29 is 42.8 Å². The highest BCUT2D eigenvalue weighted by atomic mass is 32.3. The molecule has 2 heterocycles. The Morgan fingerprint density at radius 1 is 0.907 bits per heavy atom. The average molecular weight is 618 g/mol. The van der Waals surface area contributed by atoms with Crippen LogP contribution in [0, 0.1) is 0 Å². The molecule has 1 unspecified atom stereocenters. The topological polar surface area (TPSA) is 199 Å². The van der Waals surface area contributed by atoms with Crippen LogP contribution in [0.2, 0.25) is 0 Å². The zero-order chi connectivity index (χ0) is 29.5. The Morgan fingerprint density at radius 3 is 2.02 bits per heavy atom. The predicted octanol–water partition coefficient (Wildman–Crippen LogP) is 2.58. The Balaban J connectivity index is 0.000000854. The number of nitrogens with zero attached hydrogens (tertiary/aromatic N) is 2. The number of benzene rings is 3. The Hall–Kier alpha value is -3.85. The van der Waals surface area contributed by atoms with E-state index in [1.165, 1.54) is 0 Å². The summed E-state index contributed by atoms with van der Waals surface area (Å²) in [6.07, 6.45) is 1.68. The molecule has 43 heavy (non-hydrogen) atoms. The van der Waals surface area contributed by atoms with Gasteiger partial charge in [0.2, 0.25) is 0 Å². The van der Waals surface area contributed by atoms with Crippen LogP contribution in [0.25, 0.3) is 0 Å². The zero-order valence-corrected chi connectivity index (χ0v) is 24.7. The highest BCUT2D eigenvalue weighted by molar-refractivity contribution is 7.79. The number of ether oxygens (including phenoxy) is 1. The molecule has 1 saturated heterocycles. The monoisotopic (exact) mass is 617 g/mol. The molecule has 12 nitrogen and oxygen atoms in total. The van der Waals surface area contributed by atoms with Crippen molar-refractivity contribution in [2.75, 3.05) is 31.1 Å². The highest BCUT2D eigenvalue weighted by Gasteiger charge is 2.40. The molecule has 0 aromatic heterocycles. The molecule has 0 spiro atoms. The molecule has 1 amide bonds. The number of rotatable bonds is 7. The zero-order valence-electron chi connectivity index (χ0n) is 23.8. The lowest BCUT2D eigenvalue weighted by molar-refractivity contribution is -0.166. The first-order valence-corrected chi connectivity index (χ1v) is 14.9. The van der Waals surface area contributed by atoms with E-state index in [4.69, 9.17) is 22.3 Å². The normalized spacial score (nSPS) is 17.5. The van der Waals surface area contributed by atoms with Crippen molar-refractivity contribution >= 4 is 28.0 Å². The summed E-state index contributed by atoms with van der Waals surface area (Å²) in [5, 5.41) is 3.20. The standard InChI is InChI=1S/C30H33N3O3.H2O4S.2H2O/c1-2-27(34)36-30(24-13-7-4-8-14-24)17-19-32(20-18-30)21-22-33-26-16-10-9-15-25(26)29(35)31-28(33)23-11-5-3-6-12-23;1-5(2,3)4;;/h3-16,28H,2,17-22H2,1H3,(H,31,35);(H2,1,2,3,4);2*1H2. The number of fused-ring (bicyclic) bond motifs is 1. The lowest BCUT2D eigenvalue weighted by Crippen LogP contribution is -2.51. The van der Waals surface area contributed by atoms with Gasteiger partial charge in [0.1, 0.15) is 11.8 Å². The van der Waals surface area contributed by atoms with E-state index in [-0.39, 0.29) is 29.0 Å². The summed E-state index contributed by atoms with van der Waals surface area (Å²) in [5.74, 6) is -0.197. The quantitative estimate of drug-likeness (QED) is 0.263. The molecule has 0 aliphatic carbocycles. The minimum atomic E-state index is -4.67. The second-order valence-corrected chi connectivity index (χ2v) is 10.9. The predicted molar refractivity (Wildman–Crippen MR) is 162 cm³/mol. The van der Waals surface area contributed by atoms with Gasteiger partial charge in [-0.1, -0.05) is 79.7 Å². The minimum Gasteiger partial charge on any atom is -0.454 e. The maximum absolute atomic E-state index is 12.9. The fraction of sp³-hybridized carbons (Fsp3) is 0.333. The van der Waals surface area contributed by atoms with Crippen molar-refractivity contribution in [1.29, 1.82) is 0 Å². The number of likely N-dealkylation sites (tertiary alicyclic amines) is 1. The number of para-hydroxylation sites is 1. The van der Waals surface area contributed by atoms with Crippen molar-refractivity contribution in [2.45, 2.75) is 38.0 Å². The van der Waals surface area contributed by atoms with Crippen LogP contribution in [0.1, 0.15) is 53.8 Å². The van der Waals surface area contributed by atoms with Gasteiger partial charge in [-0.25, -0.2) is 0 Å². The summed E-state index contributed by atoms with van der Waals surface area (Å²) < 4.78 is 37.6. The van der Waals surface area contributed by atoms with Gasteiger partial charge < -0.3 is 30.8 Å². The average Bonchev–Trinajstić information content (AvgIpc) is 2.97. The largest absolute Gasteiger partial charge is 0.454 e. The lowest BCUT2D eigenvalue weighted by Gasteiger charge is -2.43. The van der Waals surface area contributed by atoms with Crippen LogP contribution < -0.4 is 10.2 Å². The van der Waals surface area contributed by atoms with Crippen molar-refractivity contribution in [1.82, 2.24) is 10.2 Å². The van der Waals surface area contributed by atoms with Gasteiger partial charge in [-0.15, -0.1) is 0 Å². The van der Waals surface area contributed by atoms with Crippen molar-refractivity contribution in [3.63, 3.8) is 0 Å². The first-order valence-electron chi connectivity index (χ1n) is 13.5. The molecule has 1 fully saturated rings. The van der Waals surface area contributed by atoms with Crippen molar-refractivity contribution in [2.24, 2.45) is 0 Å². The SMILES string of the molecule is CCC(=O)OC1(c2ccccc2)CCN(CCN2c3ccccc3C(=O)NC2c2ccccc2)CC1.O.O.O=S(=O)(O)O. The Bertz CT molecular complexity index is 1420. The van der Waals surface area contributed by atoms with Crippen molar-refractivity contribution in [3.8, 4) is 0 Å². The molecule has 3 aromatic carbocycles. The minimum absolute atomic E-state index is 0. The van der Waals surface area contributed by atoms with Gasteiger partial charge in [-0.05, 0) is 23.3 Å². The molecule has 0 bridgehead atoms. The number of amides is 1. The second kappa shape index (κ2) is 15.6. The molecule has 0 radical (unpaired) electrons. The summed E-state index contributed by atoms with van der Waals surface area (Å²) in [6, 6.07) is 28.1. The van der Waals surface area contributed by atoms with Gasteiger partial charge >= 0.3 is 16.4 Å². The number of hydrogen-bond donors (Lipinski definition) is 3. The molecule has 2 aliphatic rings. The van der Waals surface area contributed by atoms with Crippen LogP contribution in [0.15, 0.2) is 84.9 Å². The molecular formula is C30H39N3O9S. The fourth-order valence-electron chi connectivity index (χ4n) is 5.35. The van der Waals surface area contributed by atoms with Gasteiger partial charge in [-0.2, -0.15) is 8.42 Å². The third-order valence-corrected chi connectivity index (χ3v) is 7.37. The van der Waals surface area contributed by atoms with E-state index >= 15 is 0 Å². The number of esters is 1. The molecule has 3 aromatic rings. The molecule has 13 heteroatoms. The van der Waals surface area contributed by atoms with Crippen LogP contribution in [-0.2, 0) is 25.5 Å². The van der Waals surface area contributed by atoms with Crippen LogP contribution in [-0.4, -0.2) is 71.4 Å². The number of nitrogens with one attached hydrogen (secondary N) is 1. The Kier molecular flexibility index (Phi) is 12.8. The third kappa shape index (κ3) is 9.32. The summed E-state index contributed by atoms with van der Waals surface area (Å²) >= 11 is 0. The van der Waals surface area contributed by atoms with E-state index < -0.39 is 16.0 Å². The van der Waals surface area contributed by atoms with Crippen LogP contribution in [0.3, 0.4) is 0 Å². The van der Waals surface area contributed by atoms with E-state index in [2.05, 4.69) is 39.4 Å². The van der Waals surface area contributed by atoms with Crippen LogP contribution in [0.5, 0.6) is 0 Å². The molecule has 2 aliphatic heterocycles. The first kappa shape index (κ1) is 35.3. The molecular weight excluding hydrogens is 578 g/mol. The molecule has 0 saturated carbocycles. The maximum Gasteiger partial charge on any atom is 0.394 e. The van der Waals surface area contributed by atoms with Gasteiger partial charge in [0, 0.05) is 45.4 Å². The lowest BCUT2D eigenvalue weighted by atomic mass is 9.84. The molecule has 234 valence electrons. The van der Waals surface area contributed by atoms with Gasteiger partial charge in [0.25, 0.3) is 5.91 Å². The van der Waals surface area contributed by atoms with Gasteiger partial charge in [-0.3, -0.25) is 18.7 Å². The van der Waals surface area contributed by atoms with Gasteiger partial charge in [0.05, 0.1) is 11.3 Å². The number of piperidine rings is 1. The molecule has 5 rings (SSSR count). The first-order chi connectivity index (χ1) is 19.6. The summed E-state index contributed by atoms with van der Waals surface area (Å²) in [7, 11) is -4.67. The van der Waals surface area contributed by atoms with E-state index in [0.29, 0.717) is 12.0 Å². The maximum atomic E-state index is 12.9. The number of carbonyl (C=O) groups excluding carboxylic acids is 2.